The maximum Gasteiger partial charge on any atom is 0.361 e. The first-order valence-corrected chi connectivity index (χ1v) is 10.3. The van der Waals surface area contributed by atoms with Crippen LogP contribution in [0.5, 0.6) is 5.75 Å². The van der Waals surface area contributed by atoms with Crippen LogP contribution < -0.4 is 21.7 Å². The lowest BCUT2D eigenvalue weighted by molar-refractivity contribution is -0.139. The topological polar surface area (TPSA) is 120 Å². The Morgan fingerprint density at radius 1 is 1.13 bits per heavy atom. The van der Waals surface area contributed by atoms with Crippen LogP contribution in [0, 0.1) is 0 Å². The first-order chi connectivity index (χ1) is 15.0. The van der Waals surface area contributed by atoms with Crippen LogP contribution in [0.25, 0.3) is 11.1 Å². The molecule has 0 atom stereocenters. The molecule has 1 heterocycles. The summed E-state index contributed by atoms with van der Waals surface area (Å²) in [7, 11) is 0. The number of likely N-dealkylation sites (tertiary alicyclic amines) is 1. The summed E-state index contributed by atoms with van der Waals surface area (Å²) in [6.07, 6.45) is 2.67. The second-order valence-corrected chi connectivity index (χ2v) is 7.20. The van der Waals surface area contributed by atoms with E-state index in [0.29, 0.717) is 18.7 Å². The molecule has 5 N–H and O–H groups in total. The molecule has 0 radical (unpaired) electrons. The van der Waals surface area contributed by atoms with Crippen molar-refractivity contribution < 1.29 is 19.1 Å². The molecule has 1 aliphatic rings. The Labute approximate surface area is 181 Å². The number of hydrogen-bond donors (Lipinski definition) is 3. The van der Waals surface area contributed by atoms with E-state index < -0.39 is 5.97 Å². The predicted octanol–water partition coefficient (Wildman–Crippen LogP) is 2.40. The van der Waals surface area contributed by atoms with Crippen LogP contribution in [0.2, 0.25) is 0 Å². The molecule has 3 rings (SSSR count). The van der Waals surface area contributed by atoms with Gasteiger partial charge in [-0.05, 0) is 54.7 Å². The molecule has 0 unspecified atom stereocenters. The summed E-state index contributed by atoms with van der Waals surface area (Å²) in [5.41, 5.74) is 11.0. The third-order valence-electron chi connectivity index (χ3n) is 5.01. The van der Waals surface area contributed by atoms with Gasteiger partial charge in [0, 0.05) is 19.5 Å². The number of piperidine rings is 1. The number of hydrazine groups is 1. The van der Waals surface area contributed by atoms with Crippen molar-refractivity contribution in [3.63, 3.8) is 0 Å². The standard InChI is InChI=1S/C23H28N4O4/c1-2-30-23(29)21(26-25)22(24)31-19-11-9-17(10-12-19)18-7-5-6-16(14-18)15-27-13-4-3-8-20(27)28/h5-7,9-12,14,26H,2-4,8,13,15,24-25H2,1H3/b22-21+. The molecular formula is C23H28N4O4. The van der Waals surface area contributed by atoms with Crippen molar-refractivity contribution in [1.82, 2.24) is 10.3 Å². The van der Waals surface area contributed by atoms with Crippen LogP contribution in [-0.2, 0) is 20.9 Å². The Balaban J connectivity index is 1.71. The predicted molar refractivity (Wildman–Crippen MR) is 117 cm³/mol. The molecule has 0 aromatic heterocycles. The highest BCUT2D eigenvalue weighted by molar-refractivity contribution is 5.88. The number of nitrogens with one attached hydrogen (secondary N) is 1. The second-order valence-electron chi connectivity index (χ2n) is 7.20. The summed E-state index contributed by atoms with van der Waals surface area (Å²) in [6, 6.07) is 15.4. The highest BCUT2D eigenvalue weighted by atomic mass is 16.5. The van der Waals surface area contributed by atoms with Crippen LogP contribution in [0.1, 0.15) is 31.7 Å². The Hall–Kier alpha value is -3.52. The molecular weight excluding hydrogens is 396 g/mol. The molecule has 2 aromatic carbocycles. The smallest absolute Gasteiger partial charge is 0.361 e. The normalized spacial score (nSPS) is 14.6. The van der Waals surface area contributed by atoms with E-state index in [2.05, 4.69) is 11.5 Å². The Kier molecular flexibility index (Phi) is 7.50. The third kappa shape index (κ3) is 5.76. The molecule has 0 aliphatic carbocycles. The fourth-order valence-electron chi connectivity index (χ4n) is 3.43. The largest absolute Gasteiger partial charge is 0.461 e. The number of hydrogen-bond acceptors (Lipinski definition) is 7. The molecule has 8 nitrogen and oxygen atoms in total. The van der Waals surface area contributed by atoms with Gasteiger partial charge in [0.2, 0.25) is 11.8 Å². The minimum Gasteiger partial charge on any atom is -0.461 e. The lowest BCUT2D eigenvalue weighted by atomic mass is 10.0. The molecule has 164 valence electrons. The van der Waals surface area contributed by atoms with Gasteiger partial charge in [0.25, 0.3) is 0 Å². The summed E-state index contributed by atoms with van der Waals surface area (Å²) in [4.78, 5) is 25.8. The minimum absolute atomic E-state index is 0.147. The maximum atomic E-state index is 12.1. The molecule has 0 bridgehead atoms. The van der Waals surface area contributed by atoms with Crippen molar-refractivity contribution in [3.05, 3.63) is 65.7 Å². The Bertz CT molecular complexity index is 956. The zero-order valence-corrected chi connectivity index (χ0v) is 17.6. The molecule has 31 heavy (non-hydrogen) atoms. The second kappa shape index (κ2) is 10.5. The number of ether oxygens (including phenoxy) is 2. The van der Waals surface area contributed by atoms with Crippen LogP contribution in [0.4, 0.5) is 0 Å². The van der Waals surface area contributed by atoms with Crippen molar-refractivity contribution in [2.45, 2.75) is 32.7 Å². The molecule has 0 saturated carbocycles. The zero-order chi connectivity index (χ0) is 22.2. The summed E-state index contributed by atoms with van der Waals surface area (Å²) in [5.74, 6) is 5.16. The van der Waals surface area contributed by atoms with E-state index in [-0.39, 0.29) is 24.1 Å². The van der Waals surface area contributed by atoms with Crippen molar-refractivity contribution in [1.29, 1.82) is 0 Å². The van der Waals surface area contributed by atoms with Crippen molar-refractivity contribution in [2.75, 3.05) is 13.2 Å². The van der Waals surface area contributed by atoms with Gasteiger partial charge in [-0.1, -0.05) is 30.3 Å². The van der Waals surface area contributed by atoms with Crippen LogP contribution in [-0.4, -0.2) is 29.9 Å². The van der Waals surface area contributed by atoms with Crippen molar-refractivity contribution in [2.24, 2.45) is 11.6 Å². The molecule has 1 saturated heterocycles. The molecule has 1 aliphatic heterocycles. The fraction of sp³-hybridized carbons (Fsp3) is 0.304. The number of benzene rings is 2. The van der Waals surface area contributed by atoms with Crippen LogP contribution in [0.15, 0.2) is 60.1 Å². The van der Waals surface area contributed by atoms with E-state index in [1.165, 1.54) is 0 Å². The SMILES string of the molecule is CCOC(=O)/C(NN)=C(/N)Oc1ccc(-c2cccc(CN3CCCCC3=O)c2)cc1. The number of nitrogens with zero attached hydrogens (tertiary/aromatic N) is 1. The van der Waals surface area contributed by atoms with Crippen LogP contribution in [0.3, 0.4) is 0 Å². The van der Waals surface area contributed by atoms with Gasteiger partial charge in [0.05, 0.1) is 6.61 Å². The Morgan fingerprint density at radius 2 is 1.90 bits per heavy atom. The van der Waals surface area contributed by atoms with Gasteiger partial charge in [0.15, 0.2) is 5.70 Å². The van der Waals surface area contributed by atoms with E-state index in [1.807, 2.05) is 35.2 Å². The van der Waals surface area contributed by atoms with Gasteiger partial charge in [-0.25, -0.2) is 4.79 Å². The summed E-state index contributed by atoms with van der Waals surface area (Å²) in [5, 5.41) is 0. The minimum atomic E-state index is -0.692. The van der Waals surface area contributed by atoms with Crippen LogP contribution >= 0.6 is 0 Å². The maximum absolute atomic E-state index is 12.1. The molecule has 0 spiro atoms. The first-order valence-electron chi connectivity index (χ1n) is 10.3. The number of rotatable bonds is 8. The molecule has 2 aromatic rings. The zero-order valence-electron chi connectivity index (χ0n) is 17.6. The lowest BCUT2D eigenvalue weighted by Crippen LogP contribution is -2.34. The van der Waals surface area contributed by atoms with Gasteiger partial charge >= 0.3 is 5.97 Å². The van der Waals surface area contributed by atoms with Gasteiger partial charge in [-0.3, -0.25) is 10.6 Å². The highest BCUT2D eigenvalue weighted by Crippen LogP contribution is 2.25. The number of carbonyl (C=O) groups excluding carboxylic acids is 2. The number of esters is 1. The van der Waals surface area contributed by atoms with Crippen molar-refractivity contribution >= 4 is 11.9 Å². The van der Waals surface area contributed by atoms with E-state index in [4.69, 9.17) is 21.1 Å². The fourth-order valence-corrected chi connectivity index (χ4v) is 3.43. The first kappa shape index (κ1) is 22.2. The quantitative estimate of drug-likeness (QED) is 0.196. The number of carbonyl (C=O) groups is 2. The van der Waals surface area contributed by atoms with Gasteiger partial charge in [-0.2, -0.15) is 0 Å². The van der Waals surface area contributed by atoms with Gasteiger partial charge < -0.3 is 25.5 Å². The third-order valence-corrected chi connectivity index (χ3v) is 5.01. The summed E-state index contributed by atoms with van der Waals surface area (Å²) < 4.78 is 10.4. The lowest BCUT2D eigenvalue weighted by Gasteiger charge is -2.26. The summed E-state index contributed by atoms with van der Waals surface area (Å²) in [6.45, 7) is 3.31. The molecule has 1 amide bonds. The Morgan fingerprint density at radius 3 is 2.58 bits per heavy atom. The average molecular weight is 425 g/mol. The number of nitrogens with two attached hydrogens (primary N) is 2. The van der Waals surface area contributed by atoms with E-state index in [1.54, 1.807) is 19.1 Å². The summed E-state index contributed by atoms with van der Waals surface area (Å²) >= 11 is 0. The highest BCUT2D eigenvalue weighted by Gasteiger charge is 2.18. The van der Waals surface area contributed by atoms with E-state index >= 15 is 0 Å². The van der Waals surface area contributed by atoms with E-state index in [0.717, 1.165) is 36.1 Å². The monoisotopic (exact) mass is 424 g/mol. The van der Waals surface area contributed by atoms with Gasteiger partial charge in [-0.15, -0.1) is 0 Å². The average Bonchev–Trinajstić information content (AvgIpc) is 2.77. The van der Waals surface area contributed by atoms with Gasteiger partial charge in [0.1, 0.15) is 5.75 Å². The molecule has 1 fully saturated rings. The van der Waals surface area contributed by atoms with Crippen molar-refractivity contribution in [3.8, 4) is 16.9 Å². The molecule has 8 heteroatoms. The van der Waals surface area contributed by atoms with E-state index in [9.17, 15) is 9.59 Å². The number of amides is 1.